The fraction of sp³-hybridized carbons (Fsp3) is 0.350. The number of anilines is 1. The molecule has 8 nitrogen and oxygen atoms in total. The predicted octanol–water partition coefficient (Wildman–Crippen LogP) is 2.34. The van der Waals surface area contributed by atoms with E-state index >= 15 is 0 Å². The highest BCUT2D eigenvalue weighted by atomic mass is 16.2. The molecule has 1 amide bonds. The van der Waals surface area contributed by atoms with Crippen LogP contribution in [0.3, 0.4) is 0 Å². The summed E-state index contributed by atoms with van der Waals surface area (Å²) >= 11 is 0. The molecule has 4 N–H and O–H groups in total. The summed E-state index contributed by atoms with van der Waals surface area (Å²) in [6, 6.07) is 3.20. The summed E-state index contributed by atoms with van der Waals surface area (Å²) in [4.78, 5) is 43.7. The number of rotatable bonds is 7. The van der Waals surface area contributed by atoms with Crippen LogP contribution in [0.1, 0.15) is 64.0 Å². The van der Waals surface area contributed by atoms with E-state index in [4.69, 9.17) is 5.41 Å². The Morgan fingerprint density at radius 3 is 2.50 bits per heavy atom. The number of pyridine rings is 2. The SMILES string of the molecule is CC(=O)c1cc(C(=O)NCc2c(C)cc(C)[nH]c2=O)c(C=N)c(NC(C)C)n1. The van der Waals surface area contributed by atoms with E-state index in [1.807, 2.05) is 19.9 Å². The van der Waals surface area contributed by atoms with Crippen LogP contribution in [0.4, 0.5) is 5.82 Å². The minimum absolute atomic E-state index is 0.00177. The molecule has 2 aromatic rings. The molecule has 2 aromatic heterocycles. The quantitative estimate of drug-likeness (QED) is 0.431. The smallest absolute Gasteiger partial charge is 0.253 e. The molecule has 0 atom stereocenters. The van der Waals surface area contributed by atoms with Crippen LogP contribution in [0.2, 0.25) is 0 Å². The Labute approximate surface area is 163 Å². The molecule has 0 saturated heterocycles. The van der Waals surface area contributed by atoms with E-state index < -0.39 is 5.91 Å². The lowest BCUT2D eigenvalue weighted by Crippen LogP contribution is -2.29. The highest BCUT2D eigenvalue weighted by Crippen LogP contribution is 2.19. The number of hydrogen-bond donors (Lipinski definition) is 4. The number of nitrogens with zero attached hydrogens (tertiary/aromatic N) is 1. The second-order valence-electron chi connectivity index (χ2n) is 6.94. The number of aryl methyl sites for hydroxylation is 2. The van der Waals surface area contributed by atoms with Crippen LogP contribution in [0.5, 0.6) is 0 Å². The summed E-state index contributed by atoms with van der Waals surface area (Å²) in [6.07, 6.45) is 1.03. The second kappa shape index (κ2) is 8.60. The molecule has 0 spiro atoms. The highest BCUT2D eigenvalue weighted by molar-refractivity contribution is 6.06. The summed E-state index contributed by atoms with van der Waals surface area (Å²) in [5, 5.41) is 13.5. The molecule has 2 heterocycles. The molecule has 0 bridgehead atoms. The molecule has 0 aliphatic carbocycles. The van der Waals surface area contributed by atoms with Crippen molar-refractivity contribution in [2.75, 3.05) is 5.32 Å². The lowest BCUT2D eigenvalue weighted by Gasteiger charge is -2.16. The van der Waals surface area contributed by atoms with Gasteiger partial charge in [0, 0.05) is 42.5 Å². The van der Waals surface area contributed by atoms with E-state index in [2.05, 4.69) is 20.6 Å². The largest absolute Gasteiger partial charge is 0.367 e. The Hall–Kier alpha value is -3.29. The molecule has 0 aliphatic heterocycles. The van der Waals surface area contributed by atoms with Crippen LogP contribution in [-0.4, -0.2) is 33.9 Å². The van der Waals surface area contributed by atoms with E-state index in [0.29, 0.717) is 11.4 Å². The van der Waals surface area contributed by atoms with Crippen LogP contribution < -0.4 is 16.2 Å². The summed E-state index contributed by atoms with van der Waals surface area (Å²) in [6.45, 7) is 8.77. The summed E-state index contributed by atoms with van der Waals surface area (Å²) in [5.74, 6) is -0.481. The van der Waals surface area contributed by atoms with Crippen molar-refractivity contribution in [2.24, 2.45) is 0 Å². The topological polar surface area (TPSA) is 128 Å². The molecule has 0 aliphatic rings. The van der Waals surface area contributed by atoms with Crippen LogP contribution >= 0.6 is 0 Å². The van der Waals surface area contributed by atoms with Crippen LogP contribution in [0, 0.1) is 19.3 Å². The lowest BCUT2D eigenvalue weighted by atomic mass is 10.1. The van der Waals surface area contributed by atoms with Gasteiger partial charge in [-0.3, -0.25) is 14.4 Å². The van der Waals surface area contributed by atoms with Crippen molar-refractivity contribution in [3.8, 4) is 0 Å². The maximum absolute atomic E-state index is 12.8. The van der Waals surface area contributed by atoms with E-state index in [1.54, 1.807) is 13.8 Å². The third kappa shape index (κ3) is 4.70. The normalized spacial score (nSPS) is 10.6. The average molecular weight is 383 g/mol. The molecule has 8 heteroatoms. The zero-order valence-electron chi connectivity index (χ0n) is 16.7. The number of aromatic amines is 1. The highest BCUT2D eigenvalue weighted by Gasteiger charge is 2.19. The maximum atomic E-state index is 12.8. The van der Waals surface area contributed by atoms with Gasteiger partial charge >= 0.3 is 0 Å². The fourth-order valence-corrected chi connectivity index (χ4v) is 2.82. The Balaban J connectivity index is 2.41. The van der Waals surface area contributed by atoms with Crippen molar-refractivity contribution < 1.29 is 9.59 Å². The van der Waals surface area contributed by atoms with E-state index in [0.717, 1.165) is 17.5 Å². The first-order chi connectivity index (χ1) is 13.1. The number of H-pyrrole nitrogens is 1. The van der Waals surface area contributed by atoms with E-state index in [-0.39, 0.29) is 40.7 Å². The van der Waals surface area contributed by atoms with Crippen molar-refractivity contribution in [1.29, 1.82) is 5.41 Å². The van der Waals surface area contributed by atoms with Crippen molar-refractivity contribution in [3.63, 3.8) is 0 Å². The van der Waals surface area contributed by atoms with Gasteiger partial charge in [-0.25, -0.2) is 4.98 Å². The van der Waals surface area contributed by atoms with Crippen molar-refractivity contribution in [1.82, 2.24) is 15.3 Å². The van der Waals surface area contributed by atoms with Crippen molar-refractivity contribution in [2.45, 2.75) is 47.2 Å². The lowest BCUT2D eigenvalue weighted by molar-refractivity contribution is 0.0950. The van der Waals surface area contributed by atoms with Gasteiger partial charge in [-0.2, -0.15) is 0 Å². The van der Waals surface area contributed by atoms with Gasteiger partial charge < -0.3 is 21.0 Å². The van der Waals surface area contributed by atoms with Crippen LogP contribution in [-0.2, 0) is 6.54 Å². The Kier molecular flexibility index (Phi) is 6.45. The third-order valence-corrected chi connectivity index (χ3v) is 4.15. The first-order valence-corrected chi connectivity index (χ1v) is 8.94. The minimum atomic E-state index is -0.491. The molecule has 0 aromatic carbocycles. The summed E-state index contributed by atoms with van der Waals surface area (Å²) < 4.78 is 0. The van der Waals surface area contributed by atoms with Gasteiger partial charge in [0.25, 0.3) is 11.5 Å². The zero-order valence-corrected chi connectivity index (χ0v) is 16.7. The maximum Gasteiger partial charge on any atom is 0.253 e. The molecule has 0 radical (unpaired) electrons. The van der Waals surface area contributed by atoms with Gasteiger partial charge in [0.1, 0.15) is 11.5 Å². The summed E-state index contributed by atoms with van der Waals surface area (Å²) in [7, 11) is 0. The Morgan fingerprint density at radius 2 is 1.96 bits per heavy atom. The minimum Gasteiger partial charge on any atom is -0.367 e. The van der Waals surface area contributed by atoms with Crippen LogP contribution in [0.15, 0.2) is 16.9 Å². The standard InChI is InChI=1S/C20H25N5O3/c1-10(2)23-18-15(8-21)14(7-17(25-18)13(5)26)19(27)22-9-16-11(3)6-12(4)24-20(16)28/h6-8,10,21H,9H2,1-5H3,(H,22,27)(H,23,25)(H,24,28). The number of nitrogens with one attached hydrogen (secondary N) is 4. The van der Waals surface area contributed by atoms with Gasteiger partial charge in [-0.1, -0.05) is 0 Å². The molecule has 148 valence electrons. The van der Waals surface area contributed by atoms with Crippen LogP contribution in [0.25, 0.3) is 0 Å². The number of Topliss-reactive ketones (excluding diaryl/α,β-unsaturated/α-hetero) is 1. The fourth-order valence-electron chi connectivity index (χ4n) is 2.82. The van der Waals surface area contributed by atoms with E-state index in [1.165, 1.54) is 13.0 Å². The van der Waals surface area contributed by atoms with Gasteiger partial charge in [0.05, 0.1) is 5.56 Å². The molecule has 0 saturated carbocycles. The number of hydrogen-bond acceptors (Lipinski definition) is 6. The van der Waals surface area contributed by atoms with Gasteiger partial charge in [0.2, 0.25) is 0 Å². The number of carbonyl (C=O) groups is 2. The average Bonchev–Trinajstić information content (AvgIpc) is 2.59. The first kappa shape index (κ1) is 21.0. The summed E-state index contributed by atoms with van der Waals surface area (Å²) in [5.41, 5.74) is 2.28. The molecule has 28 heavy (non-hydrogen) atoms. The van der Waals surface area contributed by atoms with Gasteiger partial charge in [-0.05, 0) is 45.4 Å². The molecular weight excluding hydrogens is 358 g/mol. The molecular formula is C20H25N5O3. The number of aromatic nitrogens is 2. The van der Waals surface area contributed by atoms with Gasteiger partial charge in [-0.15, -0.1) is 0 Å². The number of carbonyl (C=O) groups excluding carboxylic acids is 2. The monoisotopic (exact) mass is 383 g/mol. The molecule has 2 rings (SSSR count). The Bertz CT molecular complexity index is 992. The first-order valence-electron chi connectivity index (χ1n) is 8.94. The number of ketones is 1. The molecule has 0 unspecified atom stereocenters. The predicted molar refractivity (Wildman–Crippen MR) is 109 cm³/mol. The second-order valence-corrected chi connectivity index (χ2v) is 6.94. The third-order valence-electron chi connectivity index (χ3n) is 4.15. The van der Waals surface area contributed by atoms with E-state index in [9.17, 15) is 14.4 Å². The number of amides is 1. The van der Waals surface area contributed by atoms with Crippen molar-refractivity contribution >= 4 is 23.7 Å². The molecule has 0 fully saturated rings. The Morgan fingerprint density at radius 1 is 1.29 bits per heavy atom. The zero-order chi connectivity index (χ0) is 21.0. The van der Waals surface area contributed by atoms with Gasteiger partial charge in [0.15, 0.2) is 5.78 Å². The van der Waals surface area contributed by atoms with Crippen molar-refractivity contribution in [3.05, 3.63) is 56.1 Å².